The zero-order valence-electron chi connectivity index (χ0n) is 11.1. The number of aliphatic hydroxyl groups excluding tert-OH is 1. The van der Waals surface area contributed by atoms with Crippen LogP contribution in [0, 0.1) is 6.92 Å². The van der Waals surface area contributed by atoms with Gasteiger partial charge in [-0.1, -0.05) is 0 Å². The van der Waals surface area contributed by atoms with Crippen LogP contribution in [-0.4, -0.2) is 40.7 Å². The minimum Gasteiger partial charge on any atom is -0.395 e. The van der Waals surface area contributed by atoms with Crippen LogP contribution in [0.15, 0.2) is 24.5 Å². The lowest BCUT2D eigenvalue weighted by atomic mass is 10.2. The largest absolute Gasteiger partial charge is 0.395 e. The Balaban J connectivity index is 2.03. The van der Waals surface area contributed by atoms with Crippen LogP contribution in [0.5, 0.6) is 0 Å². The highest BCUT2D eigenvalue weighted by Crippen LogP contribution is 2.29. The second-order valence-electron chi connectivity index (χ2n) is 4.11. The molecule has 2 heterocycles. The van der Waals surface area contributed by atoms with Crippen LogP contribution in [-0.2, 0) is 4.79 Å². The number of hydrogen-bond acceptors (Lipinski definition) is 6. The van der Waals surface area contributed by atoms with Crippen molar-refractivity contribution in [1.29, 1.82) is 0 Å². The van der Waals surface area contributed by atoms with E-state index in [0.29, 0.717) is 11.7 Å². The number of aryl methyl sites for hydroxylation is 1. The molecule has 2 rings (SSSR count). The number of anilines is 1. The van der Waals surface area contributed by atoms with Crippen molar-refractivity contribution in [3.8, 4) is 11.3 Å². The van der Waals surface area contributed by atoms with Gasteiger partial charge in [0.15, 0.2) is 5.13 Å². The predicted molar refractivity (Wildman–Crippen MR) is 78.7 cm³/mol. The molecule has 7 heteroatoms. The first kappa shape index (κ1) is 14.6. The highest BCUT2D eigenvalue weighted by atomic mass is 32.1. The fourth-order valence-electron chi connectivity index (χ4n) is 1.66. The molecule has 1 amide bonds. The molecule has 6 nitrogen and oxygen atoms in total. The lowest BCUT2D eigenvalue weighted by Gasteiger charge is -2.02. The normalized spacial score (nSPS) is 10.5. The van der Waals surface area contributed by atoms with Gasteiger partial charge in [0.2, 0.25) is 5.91 Å². The average Bonchev–Trinajstić information content (AvgIpc) is 2.81. The van der Waals surface area contributed by atoms with Gasteiger partial charge >= 0.3 is 0 Å². The Morgan fingerprint density at radius 3 is 3.05 bits per heavy atom. The van der Waals surface area contributed by atoms with E-state index in [2.05, 4.69) is 20.6 Å². The molecule has 2 aromatic rings. The number of aromatic nitrogens is 2. The first-order valence-corrected chi connectivity index (χ1v) is 7.01. The Morgan fingerprint density at radius 2 is 2.35 bits per heavy atom. The van der Waals surface area contributed by atoms with Gasteiger partial charge in [0.05, 0.1) is 18.8 Å². The van der Waals surface area contributed by atoms with Crippen molar-refractivity contribution in [1.82, 2.24) is 15.3 Å². The first-order valence-electron chi connectivity index (χ1n) is 6.20. The highest BCUT2D eigenvalue weighted by Gasteiger charge is 2.11. The van der Waals surface area contributed by atoms with Crippen LogP contribution >= 0.6 is 11.3 Å². The minimum absolute atomic E-state index is 0.00873. The van der Waals surface area contributed by atoms with E-state index < -0.39 is 0 Å². The zero-order chi connectivity index (χ0) is 14.4. The van der Waals surface area contributed by atoms with E-state index in [0.717, 1.165) is 16.1 Å². The molecule has 0 atom stereocenters. The molecule has 0 bridgehead atoms. The second-order valence-corrected chi connectivity index (χ2v) is 5.32. The summed E-state index contributed by atoms with van der Waals surface area (Å²) in [4.78, 5) is 21.2. The van der Waals surface area contributed by atoms with E-state index in [9.17, 15) is 4.79 Å². The van der Waals surface area contributed by atoms with Gasteiger partial charge in [0.25, 0.3) is 0 Å². The molecular formula is C13H16N4O2S. The Labute approximate surface area is 120 Å². The van der Waals surface area contributed by atoms with Crippen LogP contribution < -0.4 is 10.6 Å². The molecule has 0 aliphatic heterocycles. The maximum atomic E-state index is 11.6. The predicted octanol–water partition coefficient (Wildman–Crippen LogP) is 1.03. The number of nitrogens with one attached hydrogen (secondary N) is 2. The maximum absolute atomic E-state index is 11.6. The summed E-state index contributed by atoms with van der Waals surface area (Å²) in [5, 5.41) is 14.7. The fraction of sp³-hybridized carbons (Fsp3) is 0.308. The lowest BCUT2D eigenvalue weighted by molar-refractivity contribution is -0.115. The number of thiazole rings is 1. The topological polar surface area (TPSA) is 87.1 Å². The smallest absolute Gasteiger partial charge is 0.240 e. The Morgan fingerprint density at radius 1 is 1.50 bits per heavy atom. The number of rotatable bonds is 6. The first-order chi connectivity index (χ1) is 9.70. The number of aliphatic hydroxyl groups is 1. The van der Waals surface area contributed by atoms with Gasteiger partial charge in [-0.3, -0.25) is 9.78 Å². The third kappa shape index (κ3) is 3.83. The minimum atomic E-state index is -0.176. The van der Waals surface area contributed by atoms with Crippen molar-refractivity contribution in [2.24, 2.45) is 0 Å². The second kappa shape index (κ2) is 7.09. The van der Waals surface area contributed by atoms with Crippen molar-refractivity contribution in [3.05, 3.63) is 29.4 Å². The zero-order valence-corrected chi connectivity index (χ0v) is 11.9. The van der Waals surface area contributed by atoms with Crippen LogP contribution in [0.2, 0.25) is 0 Å². The quantitative estimate of drug-likeness (QED) is 0.692. The summed E-state index contributed by atoms with van der Waals surface area (Å²) in [5.41, 5.74) is 1.77. The summed E-state index contributed by atoms with van der Waals surface area (Å²) in [5.74, 6) is -0.176. The van der Waals surface area contributed by atoms with Crippen LogP contribution in [0.1, 0.15) is 4.88 Å². The van der Waals surface area contributed by atoms with Crippen molar-refractivity contribution < 1.29 is 9.90 Å². The summed E-state index contributed by atoms with van der Waals surface area (Å²) in [6.07, 6.45) is 3.46. The molecule has 3 N–H and O–H groups in total. The summed E-state index contributed by atoms with van der Waals surface area (Å²) < 4.78 is 0. The molecule has 0 spiro atoms. The summed E-state index contributed by atoms with van der Waals surface area (Å²) in [7, 11) is 0. The van der Waals surface area contributed by atoms with Gasteiger partial charge in [0, 0.05) is 29.4 Å². The van der Waals surface area contributed by atoms with Gasteiger partial charge in [-0.15, -0.1) is 11.3 Å². The SMILES string of the molecule is Cc1sc(NC(=O)CNCCO)nc1-c1cccnc1. The molecule has 0 aromatic carbocycles. The molecular weight excluding hydrogens is 276 g/mol. The molecule has 0 saturated carbocycles. The van der Waals surface area contributed by atoms with E-state index in [1.165, 1.54) is 11.3 Å². The number of pyridine rings is 1. The van der Waals surface area contributed by atoms with Gasteiger partial charge in [0.1, 0.15) is 0 Å². The van der Waals surface area contributed by atoms with Crippen LogP contribution in [0.4, 0.5) is 5.13 Å². The molecule has 2 aromatic heterocycles. The molecule has 106 valence electrons. The number of amides is 1. The van der Waals surface area contributed by atoms with E-state index in [4.69, 9.17) is 5.11 Å². The number of hydrogen-bond donors (Lipinski definition) is 3. The van der Waals surface area contributed by atoms with Crippen molar-refractivity contribution in [2.45, 2.75) is 6.92 Å². The fourth-order valence-corrected chi connectivity index (χ4v) is 2.52. The maximum Gasteiger partial charge on any atom is 0.240 e. The van der Waals surface area contributed by atoms with E-state index >= 15 is 0 Å². The van der Waals surface area contributed by atoms with E-state index in [1.807, 2.05) is 19.1 Å². The molecule has 0 aliphatic rings. The van der Waals surface area contributed by atoms with Crippen molar-refractivity contribution in [2.75, 3.05) is 25.0 Å². The average molecular weight is 292 g/mol. The summed E-state index contributed by atoms with van der Waals surface area (Å²) >= 11 is 1.43. The number of carbonyl (C=O) groups excluding carboxylic acids is 1. The Hall–Kier alpha value is -1.83. The standard InChI is InChI=1S/C13H16N4O2S/c1-9-12(10-3-2-4-14-7-10)17-13(20-9)16-11(19)8-15-5-6-18/h2-4,7,15,18H,5-6,8H2,1H3,(H,16,17,19). The summed E-state index contributed by atoms with van der Waals surface area (Å²) in [6.45, 7) is 2.52. The Bertz CT molecular complexity index is 571. The van der Waals surface area contributed by atoms with Crippen LogP contribution in [0.25, 0.3) is 11.3 Å². The molecule has 0 unspecified atom stereocenters. The molecule has 20 heavy (non-hydrogen) atoms. The number of nitrogens with zero attached hydrogens (tertiary/aromatic N) is 2. The monoisotopic (exact) mass is 292 g/mol. The highest BCUT2D eigenvalue weighted by molar-refractivity contribution is 7.16. The van der Waals surface area contributed by atoms with Gasteiger partial charge in [-0.2, -0.15) is 0 Å². The van der Waals surface area contributed by atoms with Gasteiger partial charge < -0.3 is 15.7 Å². The lowest BCUT2D eigenvalue weighted by Crippen LogP contribution is -2.29. The van der Waals surface area contributed by atoms with Gasteiger partial charge in [-0.25, -0.2) is 4.98 Å². The molecule has 0 saturated heterocycles. The molecule has 0 radical (unpaired) electrons. The Kier molecular flexibility index (Phi) is 5.16. The number of carbonyl (C=O) groups is 1. The third-order valence-corrected chi connectivity index (χ3v) is 3.44. The molecule has 0 fully saturated rings. The van der Waals surface area contributed by atoms with E-state index in [1.54, 1.807) is 12.4 Å². The molecule has 0 aliphatic carbocycles. The third-order valence-electron chi connectivity index (χ3n) is 2.55. The van der Waals surface area contributed by atoms with Crippen molar-refractivity contribution in [3.63, 3.8) is 0 Å². The van der Waals surface area contributed by atoms with Gasteiger partial charge in [-0.05, 0) is 19.1 Å². The van der Waals surface area contributed by atoms with Crippen molar-refractivity contribution >= 4 is 22.4 Å². The summed E-state index contributed by atoms with van der Waals surface area (Å²) in [6, 6.07) is 3.79. The van der Waals surface area contributed by atoms with Crippen LogP contribution in [0.3, 0.4) is 0 Å². The van der Waals surface area contributed by atoms with E-state index in [-0.39, 0.29) is 19.1 Å².